The van der Waals surface area contributed by atoms with Crippen molar-refractivity contribution in [3.63, 3.8) is 0 Å². The minimum atomic E-state index is -0.807. The van der Waals surface area contributed by atoms with Crippen LogP contribution in [0.5, 0.6) is 0 Å². The Morgan fingerprint density at radius 3 is 2.36 bits per heavy atom. The zero-order valence-corrected chi connectivity index (χ0v) is 13.0. The molecule has 1 aromatic carbocycles. The summed E-state index contributed by atoms with van der Waals surface area (Å²) in [5.74, 6) is -2.20. The normalized spacial score (nSPS) is 11.0. The Balaban J connectivity index is 2.94. The number of hydrogen-bond donors (Lipinski definition) is 0. The number of benzene rings is 1. The molecule has 7 heteroatoms. The highest BCUT2D eigenvalue weighted by atomic mass is 19.1. The van der Waals surface area contributed by atoms with Gasteiger partial charge in [0.25, 0.3) is 0 Å². The van der Waals surface area contributed by atoms with Crippen molar-refractivity contribution in [1.82, 2.24) is 4.90 Å². The molecular weight excluding hydrogens is 296 g/mol. The lowest BCUT2D eigenvalue weighted by atomic mass is 10.2. The van der Waals surface area contributed by atoms with E-state index in [-0.39, 0.29) is 12.1 Å². The Hall–Kier alpha value is -2.18. The van der Waals surface area contributed by atoms with Gasteiger partial charge in [0.05, 0.1) is 13.7 Å². The summed E-state index contributed by atoms with van der Waals surface area (Å²) in [5.41, 5.74) is -0.705. The van der Waals surface area contributed by atoms with Gasteiger partial charge in [-0.05, 0) is 26.8 Å². The Bertz CT molecular complexity index is 555. The third-order valence-electron chi connectivity index (χ3n) is 2.58. The molecule has 1 amide bonds. The van der Waals surface area contributed by atoms with E-state index < -0.39 is 35.8 Å². The quantitative estimate of drug-likeness (QED) is 0.802. The van der Waals surface area contributed by atoms with Crippen LogP contribution in [0.2, 0.25) is 0 Å². The van der Waals surface area contributed by atoms with E-state index in [9.17, 15) is 18.4 Å². The molecule has 1 aromatic rings. The second kappa shape index (κ2) is 7.20. The molecular formula is C15H19F2NO4. The first kappa shape index (κ1) is 17.9. The third kappa shape index (κ3) is 5.67. The number of carbonyl (C=O) groups is 2. The topological polar surface area (TPSA) is 55.8 Å². The standard InChI is InChI=1S/C15H19F2NO4/c1-15(2,3)22-14(20)18(9-13(19)21-4)8-10-5-6-11(16)7-12(10)17/h5-7H,8-9H2,1-4H3. The van der Waals surface area contributed by atoms with Crippen LogP contribution in [0.3, 0.4) is 0 Å². The van der Waals surface area contributed by atoms with E-state index in [1.54, 1.807) is 20.8 Å². The lowest BCUT2D eigenvalue weighted by molar-refractivity contribution is -0.142. The molecule has 0 bridgehead atoms. The lowest BCUT2D eigenvalue weighted by Crippen LogP contribution is -2.39. The Morgan fingerprint density at radius 2 is 1.86 bits per heavy atom. The van der Waals surface area contributed by atoms with Crippen molar-refractivity contribution in [2.24, 2.45) is 0 Å². The zero-order valence-electron chi connectivity index (χ0n) is 13.0. The summed E-state index contributed by atoms with van der Waals surface area (Å²) in [6.07, 6.45) is -0.790. The van der Waals surface area contributed by atoms with E-state index in [0.717, 1.165) is 11.0 Å². The van der Waals surface area contributed by atoms with Crippen LogP contribution in [-0.4, -0.2) is 36.2 Å². The Morgan fingerprint density at radius 1 is 1.23 bits per heavy atom. The summed E-state index contributed by atoms with van der Waals surface area (Å²) in [5, 5.41) is 0. The van der Waals surface area contributed by atoms with E-state index in [1.807, 2.05) is 0 Å². The van der Waals surface area contributed by atoms with E-state index >= 15 is 0 Å². The van der Waals surface area contributed by atoms with E-state index in [0.29, 0.717) is 6.07 Å². The van der Waals surface area contributed by atoms with Gasteiger partial charge in [0.15, 0.2) is 0 Å². The number of esters is 1. The monoisotopic (exact) mass is 315 g/mol. The number of methoxy groups -OCH3 is 1. The maximum atomic E-state index is 13.7. The van der Waals surface area contributed by atoms with Gasteiger partial charge in [0.1, 0.15) is 23.8 Å². The molecule has 0 aliphatic rings. The van der Waals surface area contributed by atoms with Gasteiger partial charge < -0.3 is 9.47 Å². The van der Waals surface area contributed by atoms with Crippen molar-refractivity contribution in [2.75, 3.05) is 13.7 Å². The summed E-state index contributed by atoms with van der Waals surface area (Å²) < 4.78 is 36.3. The Kier molecular flexibility index (Phi) is 5.84. The largest absolute Gasteiger partial charge is 0.468 e. The van der Waals surface area contributed by atoms with Crippen LogP contribution in [0, 0.1) is 11.6 Å². The summed E-state index contributed by atoms with van der Waals surface area (Å²) in [7, 11) is 1.17. The predicted molar refractivity (Wildman–Crippen MR) is 75.0 cm³/mol. The van der Waals surface area contributed by atoms with Gasteiger partial charge in [-0.2, -0.15) is 0 Å². The maximum Gasteiger partial charge on any atom is 0.411 e. The van der Waals surface area contributed by atoms with Crippen LogP contribution in [0.4, 0.5) is 13.6 Å². The molecule has 0 aliphatic carbocycles. The molecule has 22 heavy (non-hydrogen) atoms. The average molecular weight is 315 g/mol. The molecule has 0 atom stereocenters. The number of nitrogens with zero attached hydrogens (tertiary/aromatic N) is 1. The first-order valence-corrected chi connectivity index (χ1v) is 6.61. The minimum absolute atomic E-state index is 0.0659. The van der Waals surface area contributed by atoms with Crippen molar-refractivity contribution in [1.29, 1.82) is 0 Å². The van der Waals surface area contributed by atoms with Crippen LogP contribution < -0.4 is 0 Å². The second-order valence-electron chi connectivity index (χ2n) is 5.65. The van der Waals surface area contributed by atoms with Gasteiger partial charge in [-0.25, -0.2) is 13.6 Å². The summed E-state index contributed by atoms with van der Waals surface area (Å²) in [6, 6.07) is 2.99. The van der Waals surface area contributed by atoms with Gasteiger partial charge in [-0.1, -0.05) is 6.07 Å². The lowest BCUT2D eigenvalue weighted by Gasteiger charge is -2.26. The molecule has 0 aliphatic heterocycles. The smallest absolute Gasteiger partial charge is 0.411 e. The highest BCUT2D eigenvalue weighted by Gasteiger charge is 2.25. The minimum Gasteiger partial charge on any atom is -0.468 e. The third-order valence-corrected chi connectivity index (χ3v) is 2.58. The van der Waals surface area contributed by atoms with Gasteiger partial charge in [0.2, 0.25) is 0 Å². The first-order chi connectivity index (χ1) is 10.1. The molecule has 0 unspecified atom stereocenters. The SMILES string of the molecule is COC(=O)CN(Cc1ccc(F)cc1F)C(=O)OC(C)(C)C. The molecule has 5 nitrogen and oxygen atoms in total. The fraction of sp³-hybridized carbons (Fsp3) is 0.467. The van der Waals surface area contributed by atoms with Crippen LogP contribution in [0.1, 0.15) is 26.3 Å². The fourth-order valence-corrected chi connectivity index (χ4v) is 1.59. The van der Waals surface area contributed by atoms with Crippen molar-refractivity contribution >= 4 is 12.1 Å². The molecule has 0 saturated heterocycles. The summed E-state index contributed by atoms with van der Waals surface area (Å²) in [6.45, 7) is 4.36. The molecule has 0 radical (unpaired) electrons. The van der Waals surface area contributed by atoms with Crippen LogP contribution >= 0.6 is 0 Å². The molecule has 0 N–H and O–H groups in total. The zero-order chi connectivity index (χ0) is 16.9. The molecule has 0 saturated carbocycles. The van der Waals surface area contributed by atoms with Crippen molar-refractivity contribution in [3.05, 3.63) is 35.4 Å². The van der Waals surface area contributed by atoms with E-state index in [4.69, 9.17) is 4.74 Å². The fourth-order valence-electron chi connectivity index (χ4n) is 1.59. The average Bonchev–Trinajstić information content (AvgIpc) is 2.38. The van der Waals surface area contributed by atoms with Gasteiger partial charge in [0, 0.05) is 11.6 Å². The number of hydrogen-bond acceptors (Lipinski definition) is 4. The number of halogens is 2. The van der Waals surface area contributed by atoms with Gasteiger partial charge >= 0.3 is 12.1 Å². The molecule has 0 fully saturated rings. The number of amides is 1. The van der Waals surface area contributed by atoms with Crippen molar-refractivity contribution in [2.45, 2.75) is 32.9 Å². The molecule has 1 rings (SSSR count). The first-order valence-electron chi connectivity index (χ1n) is 6.61. The predicted octanol–water partition coefficient (Wildman–Crippen LogP) is 2.87. The van der Waals surface area contributed by atoms with Gasteiger partial charge in [-0.3, -0.25) is 9.69 Å². The van der Waals surface area contributed by atoms with Crippen molar-refractivity contribution < 1.29 is 27.8 Å². The van der Waals surface area contributed by atoms with Crippen molar-refractivity contribution in [3.8, 4) is 0 Å². The molecule has 0 aromatic heterocycles. The highest BCUT2D eigenvalue weighted by molar-refractivity contribution is 5.78. The summed E-state index contributed by atoms with van der Waals surface area (Å²) in [4.78, 5) is 24.5. The molecule has 122 valence electrons. The highest BCUT2D eigenvalue weighted by Crippen LogP contribution is 2.15. The second-order valence-corrected chi connectivity index (χ2v) is 5.65. The van der Waals surface area contributed by atoms with Crippen LogP contribution in [0.25, 0.3) is 0 Å². The summed E-state index contributed by atoms with van der Waals surface area (Å²) >= 11 is 0. The van der Waals surface area contributed by atoms with Crippen LogP contribution in [-0.2, 0) is 20.8 Å². The number of carbonyl (C=O) groups excluding carboxylic acids is 2. The van der Waals surface area contributed by atoms with Gasteiger partial charge in [-0.15, -0.1) is 0 Å². The maximum absolute atomic E-state index is 13.7. The molecule has 0 heterocycles. The molecule has 0 spiro atoms. The Labute approximate surface area is 127 Å². The number of rotatable bonds is 4. The van der Waals surface area contributed by atoms with Crippen LogP contribution in [0.15, 0.2) is 18.2 Å². The van der Waals surface area contributed by atoms with E-state index in [1.165, 1.54) is 13.2 Å². The van der Waals surface area contributed by atoms with E-state index in [2.05, 4.69) is 4.74 Å². The number of ether oxygens (including phenoxy) is 2.